The highest BCUT2D eigenvalue weighted by Crippen LogP contribution is 2.26. The molecule has 0 aliphatic rings. The van der Waals surface area contributed by atoms with Crippen LogP contribution in [0.5, 0.6) is 0 Å². The number of nitrogens with two attached hydrogens (primary N) is 1. The third-order valence-corrected chi connectivity index (χ3v) is 2.38. The predicted molar refractivity (Wildman–Crippen MR) is 51.5 cm³/mol. The van der Waals surface area contributed by atoms with E-state index in [1.807, 2.05) is 24.3 Å². The molecular formula is C9H8N2OS. The number of nitrogen functional groups attached to an aromatic ring is 1. The predicted octanol–water partition coefficient (Wildman–Crippen LogP) is 2.41. The maximum Gasteiger partial charge on any atom is 0.260 e. The Morgan fingerprint density at radius 1 is 1.23 bits per heavy atom. The van der Waals surface area contributed by atoms with Gasteiger partial charge >= 0.3 is 0 Å². The summed E-state index contributed by atoms with van der Waals surface area (Å²) in [6.45, 7) is 0. The van der Waals surface area contributed by atoms with Crippen LogP contribution in [0.4, 0.5) is 5.69 Å². The first-order valence-corrected chi connectivity index (χ1v) is 4.59. The van der Waals surface area contributed by atoms with Crippen molar-refractivity contribution in [3.63, 3.8) is 0 Å². The van der Waals surface area contributed by atoms with E-state index in [0.29, 0.717) is 5.22 Å². The molecule has 0 bridgehead atoms. The Hall–Kier alpha value is -1.42. The summed E-state index contributed by atoms with van der Waals surface area (Å²) < 4.78 is 5.09. The number of rotatable bonds is 2. The largest absolute Gasteiger partial charge is 0.440 e. The van der Waals surface area contributed by atoms with Gasteiger partial charge in [0.05, 0.1) is 6.20 Å². The number of oxazole rings is 1. The average molecular weight is 192 g/mol. The normalized spacial score (nSPS) is 10.2. The molecule has 66 valence electrons. The summed E-state index contributed by atoms with van der Waals surface area (Å²) >= 11 is 1.47. The molecule has 0 atom stereocenters. The number of hydrogen-bond donors (Lipinski definition) is 1. The van der Waals surface area contributed by atoms with Crippen LogP contribution in [0, 0.1) is 0 Å². The summed E-state index contributed by atoms with van der Waals surface area (Å²) in [4.78, 5) is 5.07. The summed E-state index contributed by atoms with van der Waals surface area (Å²) in [6.07, 6.45) is 3.18. The van der Waals surface area contributed by atoms with Crippen molar-refractivity contribution in [2.45, 2.75) is 10.1 Å². The molecule has 0 saturated heterocycles. The molecule has 0 fully saturated rings. The fourth-order valence-electron chi connectivity index (χ4n) is 0.897. The highest BCUT2D eigenvalue weighted by Gasteiger charge is 1.99. The number of anilines is 1. The molecule has 0 radical (unpaired) electrons. The molecule has 1 aromatic carbocycles. The Bertz CT molecular complexity index is 369. The van der Waals surface area contributed by atoms with Crippen LogP contribution in [0.25, 0.3) is 0 Å². The van der Waals surface area contributed by atoms with Crippen molar-refractivity contribution < 1.29 is 4.42 Å². The summed E-state index contributed by atoms with van der Waals surface area (Å²) in [6, 6.07) is 7.57. The van der Waals surface area contributed by atoms with Gasteiger partial charge in [0.2, 0.25) is 0 Å². The van der Waals surface area contributed by atoms with Gasteiger partial charge in [-0.1, -0.05) is 0 Å². The van der Waals surface area contributed by atoms with E-state index in [1.165, 1.54) is 11.8 Å². The Kier molecular flexibility index (Phi) is 2.23. The zero-order valence-corrected chi connectivity index (χ0v) is 7.62. The topological polar surface area (TPSA) is 52.0 Å². The molecule has 0 aliphatic heterocycles. The molecule has 0 saturated carbocycles. The van der Waals surface area contributed by atoms with Gasteiger partial charge < -0.3 is 10.2 Å². The highest BCUT2D eigenvalue weighted by molar-refractivity contribution is 7.99. The van der Waals surface area contributed by atoms with E-state index in [4.69, 9.17) is 10.2 Å². The van der Waals surface area contributed by atoms with Gasteiger partial charge in [0, 0.05) is 10.6 Å². The van der Waals surface area contributed by atoms with Crippen molar-refractivity contribution in [1.29, 1.82) is 0 Å². The molecular weight excluding hydrogens is 184 g/mol. The van der Waals surface area contributed by atoms with E-state index in [2.05, 4.69) is 4.98 Å². The molecule has 2 N–H and O–H groups in total. The first kappa shape index (κ1) is 8.19. The van der Waals surface area contributed by atoms with E-state index in [9.17, 15) is 0 Å². The zero-order valence-electron chi connectivity index (χ0n) is 6.81. The average Bonchev–Trinajstić information content (AvgIpc) is 2.62. The van der Waals surface area contributed by atoms with Crippen LogP contribution < -0.4 is 5.73 Å². The lowest BCUT2D eigenvalue weighted by atomic mass is 10.3. The molecule has 1 aromatic heterocycles. The lowest BCUT2D eigenvalue weighted by Crippen LogP contribution is -1.82. The van der Waals surface area contributed by atoms with Crippen molar-refractivity contribution in [2.75, 3.05) is 5.73 Å². The first-order valence-electron chi connectivity index (χ1n) is 3.77. The molecule has 0 aliphatic carbocycles. The van der Waals surface area contributed by atoms with Crippen LogP contribution in [-0.4, -0.2) is 4.98 Å². The molecule has 0 spiro atoms. The lowest BCUT2D eigenvalue weighted by molar-refractivity contribution is 0.454. The summed E-state index contributed by atoms with van der Waals surface area (Å²) in [7, 11) is 0. The second kappa shape index (κ2) is 3.53. The fraction of sp³-hybridized carbons (Fsp3) is 0. The van der Waals surface area contributed by atoms with Crippen LogP contribution in [0.2, 0.25) is 0 Å². The third kappa shape index (κ3) is 2.03. The molecule has 2 aromatic rings. The molecule has 13 heavy (non-hydrogen) atoms. The number of benzene rings is 1. The van der Waals surface area contributed by atoms with Gasteiger partial charge in [-0.15, -0.1) is 0 Å². The quantitative estimate of drug-likeness (QED) is 0.742. The number of nitrogens with zero attached hydrogens (tertiary/aromatic N) is 1. The standard InChI is InChI=1S/C9H8N2OS/c10-7-1-3-8(4-2-7)13-9-11-5-6-12-9/h1-6H,10H2. The van der Waals surface area contributed by atoms with E-state index >= 15 is 0 Å². The molecule has 0 amide bonds. The minimum absolute atomic E-state index is 0.643. The van der Waals surface area contributed by atoms with Gasteiger partial charge in [0.1, 0.15) is 6.26 Å². The third-order valence-electron chi connectivity index (χ3n) is 1.49. The fourth-order valence-corrected chi connectivity index (χ4v) is 1.59. The van der Waals surface area contributed by atoms with Crippen LogP contribution in [0.15, 0.2) is 51.3 Å². The number of aromatic nitrogens is 1. The van der Waals surface area contributed by atoms with Crippen molar-refractivity contribution >= 4 is 17.4 Å². The van der Waals surface area contributed by atoms with E-state index in [1.54, 1.807) is 12.5 Å². The molecule has 3 nitrogen and oxygen atoms in total. The smallest absolute Gasteiger partial charge is 0.260 e. The van der Waals surface area contributed by atoms with Crippen molar-refractivity contribution in [3.8, 4) is 0 Å². The maximum atomic E-state index is 5.55. The first-order chi connectivity index (χ1) is 6.34. The van der Waals surface area contributed by atoms with E-state index < -0.39 is 0 Å². The second-order valence-corrected chi connectivity index (χ2v) is 3.49. The minimum Gasteiger partial charge on any atom is -0.440 e. The SMILES string of the molecule is Nc1ccc(Sc2ncco2)cc1. The van der Waals surface area contributed by atoms with E-state index in [-0.39, 0.29) is 0 Å². The van der Waals surface area contributed by atoms with E-state index in [0.717, 1.165) is 10.6 Å². The maximum absolute atomic E-state index is 5.55. The van der Waals surface area contributed by atoms with Gasteiger partial charge in [-0.3, -0.25) is 0 Å². The highest BCUT2D eigenvalue weighted by atomic mass is 32.2. The Labute approximate surface area is 80.0 Å². The van der Waals surface area contributed by atoms with Gasteiger partial charge in [-0.25, -0.2) is 4.98 Å². The molecule has 0 unspecified atom stereocenters. The minimum atomic E-state index is 0.643. The molecule has 4 heteroatoms. The molecule has 1 heterocycles. The van der Waals surface area contributed by atoms with Crippen LogP contribution in [0.3, 0.4) is 0 Å². The number of hydrogen-bond acceptors (Lipinski definition) is 4. The van der Waals surface area contributed by atoms with Gasteiger partial charge in [0.15, 0.2) is 0 Å². The Balaban J connectivity index is 2.15. The van der Waals surface area contributed by atoms with Crippen LogP contribution in [0.1, 0.15) is 0 Å². The Morgan fingerprint density at radius 2 is 2.00 bits per heavy atom. The lowest BCUT2D eigenvalue weighted by Gasteiger charge is -1.96. The molecule has 2 rings (SSSR count). The summed E-state index contributed by atoms with van der Waals surface area (Å²) in [5.74, 6) is 0. The summed E-state index contributed by atoms with van der Waals surface area (Å²) in [5, 5.41) is 0.643. The van der Waals surface area contributed by atoms with Gasteiger partial charge in [-0.2, -0.15) is 0 Å². The van der Waals surface area contributed by atoms with Gasteiger partial charge in [0.25, 0.3) is 5.22 Å². The van der Waals surface area contributed by atoms with Crippen molar-refractivity contribution in [1.82, 2.24) is 4.98 Å². The van der Waals surface area contributed by atoms with Crippen LogP contribution in [-0.2, 0) is 0 Å². The second-order valence-electron chi connectivity index (χ2n) is 2.47. The monoisotopic (exact) mass is 192 g/mol. The van der Waals surface area contributed by atoms with Crippen LogP contribution >= 0.6 is 11.8 Å². The zero-order chi connectivity index (χ0) is 9.10. The van der Waals surface area contributed by atoms with Crippen molar-refractivity contribution in [3.05, 3.63) is 36.7 Å². The summed E-state index contributed by atoms with van der Waals surface area (Å²) in [5.41, 5.74) is 6.31. The Morgan fingerprint density at radius 3 is 2.62 bits per heavy atom. The van der Waals surface area contributed by atoms with Crippen molar-refractivity contribution in [2.24, 2.45) is 0 Å². The van der Waals surface area contributed by atoms with Gasteiger partial charge in [-0.05, 0) is 36.0 Å².